The Bertz CT molecular complexity index is 736. The van der Waals surface area contributed by atoms with Crippen molar-refractivity contribution in [2.24, 2.45) is 4.99 Å². The van der Waals surface area contributed by atoms with Crippen molar-refractivity contribution in [1.82, 2.24) is 9.80 Å². The van der Waals surface area contributed by atoms with Crippen molar-refractivity contribution in [1.29, 1.82) is 0 Å². The summed E-state index contributed by atoms with van der Waals surface area (Å²) in [6, 6.07) is 9.87. The second-order valence-electron chi connectivity index (χ2n) is 6.30. The maximum Gasteiger partial charge on any atom is 0.350 e. The van der Waals surface area contributed by atoms with E-state index >= 15 is 0 Å². The molecule has 1 saturated heterocycles. The van der Waals surface area contributed by atoms with E-state index in [0.717, 1.165) is 26.2 Å². The van der Waals surface area contributed by atoms with Crippen LogP contribution in [0.15, 0.2) is 47.2 Å². The van der Waals surface area contributed by atoms with E-state index in [0.29, 0.717) is 24.4 Å². The van der Waals surface area contributed by atoms with Crippen LogP contribution >= 0.6 is 0 Å². The molecule has 0 N–H and O–H groups in total. The molecule has 1 fully saturated rings. The van der Waals surface area contributed by atoms with E-state index in [2.05, 4.69) is 26.9 Å². The van der Waals surface area contributed by atoms with Gasteiger partial charge in [0.1, 0.15) is 6.61 Å². The third-order valence-electron chi connectivity index (χ3n) is 4.80. The summed E-state index contributed by atoms with van der Waals surface area (Å²) in [7, 11) is 0. The first kappa shape index (κ1) is 15.8. The fourth-order valence-electron chi connectivity index (χ4n) is 3.33. The molecule has 130 valence electrons. The number of hydrogen-bond donors (Lipinski definition) is 0. The maximum absolute atomic E-state index is 12.4. The number of fused-ring (bicyclic) bond motifs is 1. The highest BCUT2D eigenvalue weighted by molar-refractivity contribution is 6.30. The van der Waals surface area contributed by atoms with Gasteiger partial charge in [0.15, 0.2) is 0 Å². The second kappa shape index (κ2) is 6.68. The van der Waals surface area contributed by atoms with Crippen LogP contribution < -0.4 is 4.90 Å². The Labute approximate surface area is 146 Å². The quantitative estimate of drug-likeness (QED) is 0.822. The molecular weight excluding hydrogens is 320 g/mol. The van der Waals surface area contributed by atoms with Gasteiger partial charge in [0, 0.05) is 45.0 Å². The van der Waals surface area contributed by atoms with Gasteiger partial charge >= 0.3 is 6.03 Å². The number of rotatable bonds is 4. The monoisotopic (exact) mass is 340 g/mol. The van der Waals surface area contributed by atoms with E-state index in [4.69, 9.17) is 4.74 Å². The molecular formula is C18H20N4O3. The topological polar surface area (TPSA) is 65.5 Å². The van der Waals surface area contributed by atoms with Crippen molar-refractivity contribution >= 4 is 23.3 Å². The third-order valence-corrected chi connectivity index (χ3v) is 4.80. The van der Waals surface area contributed by atoms with Crippen LogP contribution in [0.4, 0.5) is 10.5 Å². The molecule has 0 spiro atoms. The Balaban J connectivity index is 1.31. The summed E-state index contributed by atoms with van der Waals surface area (Å²) in [5, 5.41) is 0. The summed E-state index contributed by atoms with van der Waals surface area (Å²) >= 11 is 0. The van der Waals surface area contributed by atoms with Crippen molar-refractivity contribution in [2.45, 2.75) is 0 Å². The van der Waals surface area contributed by atoms with Crippen LogP contribution in [0.5, 0.6) is 0 Å². The Kier molecular flexibility index (Phi) is 4.23. The molecule has 25 heavy (non-hydrogen) atoms. The standard InChI is InChI=1S/C18H20N4O3/c23-17-15-12-25-13-16(15)19-18(24)22(17)11-8-20-6-9-21(10-7-20)14-4-2-1-3-5-14/h1-5,12H,6-11,13H2. The van der Waals surface area contributed by atoms with Gasteiger partial charge in [-0.2, -0.15) is 4.99 Å². The Morgan fingerprint density at radius 1 is 1.00 bits per heavy atom. The van der Waals surface area contributed by atoms with Crippen LogP contribution in [0, 0.1) is 0 Å². The lowest BCUT2D eigenvalue weighted by Crippen LogP contribution is -2.50. The van der Waals surface area contributed by atoms with E-state index in [1.165, 1.54) is 16.8 Å². The summed E-state index contributed by atoms with van der Waals surface area (Å²) in [6.07, 6.45) is 1.40. The minimum atomic E-state index is -0.481. The zero-order valence-electron chi connectivity index (χ0n) is 13.9. The maximum atomic E-state index is 12.4. The Morgan fingerprint density at radius 2 is 1.76 bits per heavy atom. The number of ether oxygens (including phenoxy) is 1. The molecule has 0 radical (unpaired) electrons. The highest BCUT2D eigenvalue weighted by atomic mass is 16.5. The largest absolute Gasteiger partial charge is 0.494 e. The van der Waals surface area contributed by atoms with Gasteiger partial charge < -0.3 is 9.64 Å². The van der Waals surface area contributed by atoms with Crippen molar-refractivity contribution in [3.8, 4) is 0 Å². The highest BCUT2D eigenvalue weighted by Gasteiger charge is 2.35. The van der Waals surface area contributed by atoms with Crippen LogP contribution in [0.3, 0.4) is 0 Å². The smallest absolute Gasteiger partial charge is 0.350 e. The first-order valence-corrected chi connectivity index (χ1v) is 8.50. The molecule has 0 atom stereocenters. The van der Waals surface area contributed by atoms with Gasteiger partial charge in [0.25, 0.3) is 5.91 Å². The van der Waals surface area contributed by atoms with Crippen molar-refractivity contribution < 1.29 is 14.3 Å². The molecule has 1 aromatic rings. The van der Waals surface area contributed by atoms with Gasteiger partial charge in [-0.1, -0.05) is 18.2 Å². The first-order valence-electron chi connectivity index (χ1n) is 8.50. The van der Waals surface area contributed by atoms with Crippen LogP contribution in [-0.2, 0) is 9.53 Å². The van der Waals surface area contributed by atoms with Crippen molar-refractivity contribution in [2.75, 3.05) is 50.8 Å². The molecule has 3 aliphatic heterocycles. The first-order chi connectivity index (χ1) is 12.2. The number of carbonyl (C=O) groups is 2. The number of anilines is 1. The molecule has 4 rings (SSSR count). The van der Waals surface area contributed by atoms with E-state index in [9.17, 15) is 9.59 Å². The number of benzene rings is 1. The normalized spacial score (nSPS) is 21.0. The number of amides is 3. The van der Waals surface area contributed by atoms with Crippen LogP contribution in [0.1, 0.15) is 0 Å². The number of piperazine rings is 1. The van der Waals surface area contributed by atoms with E-state index < -0.39 is 6.03 Å². The van der Waals surface area contributed by atoms with Crippen LogP contribution in [-0.4, -0.2) is 73.3 Å². The van der Waals surface area contributed by atoms with Gasteiger partial charge in [0.2, 0.25) is 0 Å². The lowest BCUT2D eigenvalue weighted by molar-refractivity contribution is -0.124. The summed E-state index contributed by atoms with van der Waals surface area (Å²) in [5.74, 6) is -0.296. The number of nitrogens with zero attached hydrogens (tertiary/aromatic N) is 4. The molecule has 0 aromatic heterocycles. The van der Waals surface area contributed by atoms with E-state index in [1.54, 1.807) is 0 Å². The number of para-hydroxylation sites is 1. The second-order valence-corrected chi connectivity index (χ2v) is 6.30. The molecule has 7 nitrogen and oxygen atoms in total. The molecule has 0 saturated carbocycles. The SMILES string of the molecule is O=C1N=C2COC=C2C(=O)N1CCN1CCN(c2ccccc2)CC1. The predicted molar refractivity (Wildman–Crippen MR) is 93.7 cm³/mol. The minimum absolute atomic E-state index is 0.210. The third kappa shape index (κ3) is 3.15. The average Bonchev–Trinajstić information content (AvgIpc) is 3.11. The zero-order chi connectivity index (χ0) is 17.2. The number of imide groups is 1. The average molecular weight is 340 g/mol. The molecule has 7 heteroatoms. The lowest BCUT2D eigenvalue weighted by atomic mass is 10.1. The lowest BCUT2D eigenvalue weighted by Gasteiger charge is -2.36. The molecule has 3 aliphatic rings. The molecule has 0 aliphatic carbocycles. The molecule has 0 unspecified atom stereocenters. The molecule has 3 amide bonds. The molecule has 1 aromatic carbocycles. The van der Waals surface area contributed by atoms with Gasteiger partial charge in [-0.3, -0.25) is 14.6 Å². The summed E-state index contributed by atoms with van der Waals surface area (Å²) in [5.41, 5.74) is 2.09. The van der Waals surface area contributed by atoms with Gasteiger partial charge in [0.05, 0.1) is 17.5 Å². The Hall–Kier alpha value is -2.67. The molecule has 3 heterocycles. The number of urea groups is 1. The van der Waals surface area contributed by atoms with Crippen molar-refractivity contribution in [3.63, 3.8) is 0 Å². The van der Waals surface area contributed by atoms with E-state index in [-0.39, 0.29) is 12.5 Å². The highest BCUT2D eigenvalue weighted by Crippen LogP contribution is 2.19. The van der Waals surface area contributed by atoms with Gasteiger partial charge in [-0.25, -0.2) is 4.79 Å². The predicted octanol–water partition coefficient (Wildman–Crippen LogP) is 1.13. The zero-order valence-corrected chi connectivity index (χ0v) is 13.9. The number of carbonyl (C=O) groups excluding carboxylic acids is 2. The number of hydrogen-bond acceptors (Lipinski definition) is 5. The molecule has 0 bridgehead atoms. The number of aliphatic imine (C=N–C) groups is 1. The van der Waals surface area contributed by atoms with Crippen LogP contribution in [0.2, 0.25) is 0 Å². The minimum Gasteiger partial charge on any atom is -0.494 e. The Morgan fingerprint density at radius 3 is 2.52 bits per heavy atom. The summed E-state index contributed by atoms with van der Waals surface area (Å²) in [6.45, 7) is 4.93. The summed E-state index contributed by atoms with van der Waals surface area (Å²) in [4.78, 5) is 34.2. The van der Waals surface area contributed by atoms with Gasteiger partial charge in [-0.05, 0) is 12.1 Å². The summed E-state index contributed by atoms with van der Waals surface area (Å²) < 4.78 is 5.10. The fraction of sp³-hybridized carbons (Fsp3) is 0.389. The van der Waals surface area contributed by atoms with E-state index in [1.807, 2.05) is 18.2 Å². The fourth-order valence-corrected chi connectivity index (χ4v) is 3.33. The van der Waals surface area contributed by atoms with Crippen LogP contribution in [0.25, 0.3) is 0 Å². The van der Waals surface area contributed by atoms with Crippen molar-refractivity contribution in [3.05, 3.63) is 42.2 Å². The van der Waals surface area contributed by atoms with Gasteiger partial charge in [-0.15, -0.1) is 0 Å².